The summed E-state index contributed by atoms with van der Waals surface area (Å²) in [5.41, 5.74) is 12.7. The molecular weight excluding hydrogens is 781 g/mol. The third kappa shape index (κ3) is 5.40. The molecule has 0 fully saturated rings. The lowest BCUT2D eigenvalue weighted by Crippen LogP contribution is -2.59. The Morgan fingerprint density at radius 3 is 1.10 bits per heavy atom. The minimum atomic E-state index is -2.21. The van der Waals surface area contributed by atoms with Gasteiger partial charge in [-0.1, -0.05) is 172 Å². The smallest absolute Gasteiger partial charge is 0.113 e. The van der Waals surface area contributed by atoms with E-state index in [-0.39, 0.29) is 0 Å². The minimum Gasteiger partial charge on any atom is -0.310 e. The molecule has 0 saturated carbocycles. The van der Waals surface area contributed by atoms with Crippen LogP contribution in [0.15, 0.2) is 206 Å². The van der Waals surface area contributed by atoms with Crippen LogP contribution < -0.4 is 30.5 Å². The first kappa shape index (κ1) is 36.8. The molecule has 0 N–H and O–H groups in total. The Labute approximate surface area is 366 Å². The molecule has 0 bridgehead atoms. The number of hydrogen-bond acceptors (Lipinski definition) is 2. The van der Waals surface area contributed by atoms with Crippen molar-refractivity contribution in [1.29, 1.82) is 0 Å². The van der Waals surface area contributed by atoms with E-state index in [0.29, 0.717) is 0 Å². The van der Waals surface area contributed by atoms with Crippen molar-refractivity contribution in [2.45, 2.75) is 26.2 Å². The van der Waals surface area contributed by atoms with Crippen molar-refractivity contribution in [2.24, 2.45) is 0 Å². The second-order valence-electron chi connectivity index (χ2n) is 18.1. The van der Waals surface area contributed by atoms with Crippen LogP contribution in [0.5, 0.6) is 0 Å². The van der Waals surface area contributed by atoms with Gasteiger partial charge in [-0.05, 0) is 125 Å². The second-order valence-corrected chi connectivity index (χ2v) is 26.8. The minimum absolute atomic E-state index is 1.16. The van der Waals surface area contributed by atoms with E-state index in [2.05, 4.69) is 242 Å². The normalized spacial score (nSPS) is 14.1. The van der Waals surface area contributed by atoms with E-state index in [0.717, 1.165) is 11.4 Å². The van der Waals surface area contributed by atoms with E-state index in [1.54, 1.807) is 10.4 Å². The maximum atomic E-state index is 2.57. The molecule has 4 heteroatoms. The number of para-hydroxylation sites is 2. The Balaban J connectivity index is 1.03. The van der Waals surface area contributed by atoms with Crippen molar-refractivity contribution in [2.75, 3.05) is 9.80 Å². The van der Waals surface area contributed by atoms with Crippen LogP contribution >= 0.6 is 0 Å². The molecule has 296 valence electrons. The first-order valence-electron chi connectivity index (χ1n) is 21.9. The fourth-order valence-electron chi connectivity index (χ4n) is 10.9. The number of benzene rings is 10. The van der Waals surface area contributed by atoms with Gasteiger partial charge in [-0.25, -0.2) is 0 Å². The van der Waals surface area contributed by atoms with Gasteiger partial charge in [-0.2, -0.15) is 0 Å². The standard InChI is InChI=1S/C58H46N2Si2/c1-61(2)53-35-36-54-58-50(48-32-30-44(38-56(48)62(54,3)4)60(42-23-9-6-10-24-42)52-28-16-20-40-18-12-14-26-46(40)52)34-33-49(57(53)58)47-31-29-43(37-55(47)61)59(41-21-7-5-8-22-41)51-27-15-19-39-17-11-13-25-45(39)51/h5-38H,1-4H3. The fraction of sp³-hybridized carbons (Fsp3) is 0.0690. The quantitative estimate of drug-likeness (QED) is 0.154. The van der Waals surface area contributed by atoms with Gasteiger partial charge in [-0.3, -0.25) is 0 Å². The lowest BCUT2D eigenvalue weighted by Gasteiger charge is -2.40. The van der Waals surface area contributed by atoms with Crippen LogP contribution in [0, 0.1) is 0 Å². The summed E-state index contributed by atoms with van der Waals surface area (Å²) in [6, 6.07) is 77.2. The van der Waals surface area contributed by atoms with E-state index in [4.69, 9.17) is 0 Å². The topological polar surface area (TPSA) is 6.48 Å². The Bertz CT molecular complexity index is 3190. The molecule has 0 atom stereocenters. The van der Waals surface area contributed by atoms with E-state index in [1.807, 2.05) is 0 Å². The Morgan fingerprint density at radius 1 is 0.290 bits per heavy atom. The zero-order chi connectivity index (χ0) is 41.7. The fourth-order valence-corrected chi connectivity index (χ4v) is 17.1. The first-order chi connectivity index (χ1) is 30.3. The molecule has 0 saturated heterocycles. The molecule has 62 heavy (non-hydrogen) atoms. The summed E-state index contributed by atoms with van der Waals surface area (Å²) in [5, 5.41) is 14.1. The molecule has 0 unspecified atom stereocenters. The molecule has 2 nitrogen and oxygen atoms in total. The number of nitrogens with zero attached hydrogens (tertiary/aromatic N) is 2. The number of anilines is 6. The molecule has 10 aromatic carbocycles. The largest absolute Gasteiger partial charge is 0.310 e. The van der Waals surface area contributed by atoms with Gasteiger partial charge in [0, 0.05) is 33.5 Å². The molecule has 0 spiro atoms. The van der Waals surface area contributed by atoms with Crippen molar-refractivity contribution in [3.05, 3.63) is 206 Å². The Hall–Kier alpha value is -6.99. The number of fused-ring (bicyclic) bond motifs is 6. The monoisotopic (exact) mass is 826 g/mol. The van der Waals surface area contributed by atoms with Crippen molar-refractivity contribution in [3.8, 4) is 22.3 Å². The summed E-state index contributed by atoms with van der Waals surface area (Å²) in [6.45, 7) is 10.3. The molecular formula is C58H46N2Si2. The Kier molecular flexibility index (Phi) is 8.18. The summed E-state index contributed by atoms with van der Waals surface area (Å²) in [6.07, 6.45) is 0. The van der Waals surface area contributed by atoms with E-state index in [1.165, 1.54) is 87.7 Å². The molecule has 2 heterocycles. The number of rotatable bonds is 6. The SMILES string of the molecule is C[Si]1(C)c2cc(N(c3ccccc3)c3cccc4ccccc34)ccc2-c2ccc3c4c(ccc1c24)[Si](C)(C)c1cc(N(c2ccccc2)c2cccc4ccccc24)ccc1-3. The highest BCUT2D eigenvalue weighted by Gasteiger charge is 2.42. The maximum Gasteiger partial charge on any atom is 0.113 e. The van der Waals surface area contributed by atoms with E-state index < -0.39 is 16.1 Å². The third-order valence-corrected chi connectivity index (χ3v) is 21.0. The Morgan fingerprint density at radius 2 is 0.661 bits per heavy atom. The van der Waals surface area contributed by atoms with Gasteiger partial charge >= 0.3 is 0 Å². The van der Waals surface area contributed by atoms with Crippen molar-refractivity contribution in [1.82, 2.24) is 0 Å². The van der Waals surface area contributed by atoms with Gasteiger partial charge in [0.15, 0.2) is 0 Å². The molecule has 12 rings (SSSR count). The molecule has 0 radical (unpaired) electrons. The average Bonchev–Trinajstić information content (AvgIpc) is 3.31. The second kappa shape index (κ2) is 13.8. The molecule has 2 aliphatic rings. The number of hydrogen-bond donors (Lipinski definition) is 0. The van der Waals surface area contributed by atoms with Gasteiger partial charge in [0.2, 0.25) is 0 Å². The van der Waals surface area contributed by atoms with Gasteiger partial charge in [-0.15, -0.1) is 0 Å². The summed E-state index contributed by atoms with van der Waals surface area (Å²) in [7, 11) is -4.41. The van der Waals surface area contributed by atoms with Gasteiger partial charge in [0.1, 0.15) is 16.1 Å². The van der Waals surface area contributed by atoms with E-state index >= 15 is 0 Å². The van der Waals surface area contributed by atoms with Gasteiger partial charge in [0.25, 0.3) is 0 Å². The summed E-state index contributed by atoms with van der Waals surface area (Å²) in [4.78, 5) is 4.92. The molecule has 0 amide bonds. The highest BCUT2D eigenvalue weighted by molar-refractivity contribution is 7.05. The average molecular weight is 827 g/mol. The predicted molar refractivity (Wildman–Crippen MR) is 273 cm³/mol. The zero-order valence-electron chi connectivity index (χ0n) is 35.5. The van der Waals surface area contributed by atoms with Gasteiger partial charge < -0.3 is 9.80 Å². The maximum absolute atomic E-state index is 2.57. The predicted octanol–water partition coefficient (Wildman–Crippen LogP) is 13.7. The van der Waals surface area contributed by atoms with Crippen LogP contribution in [0.1, 0.15) is 0 Å². The highest BCUT2D eigenvalue weighted by Crippen LogP contribution is 2.45. The molecule has 10 aromatic rings. The van der Waals surface area contributed by atoms with Crippen LogP contribution in [-0.2, 0) is 0 Å². The highest BCUT2D eigenvalue weighted by atomic mass is 28.3. The van der Waals surface area contributed by atoms with Crippen molar-refractivity contribution >= 4 is 103 Å². The first-order valence-corrected chi connectivity index (χ1v) is 27.9. The van der Waals surface area contributed by atoms with Crippen LogP contribution in [0.25, 0.3) is 54.6 Å². The lowest BCUT2D eigenvalue weighted by molar-refractivity contribution is 1.30. The van der Waals surface area contributed by atoms with Crippen molar-refractivity contribution < 1.29 is 0 Å². The van der Waals surface area contributed by atoms with Crippen LogP contribution in [0.2, 0.25) is 26.2 Å². The van der Waals surface area contributed by atoms with Crippen LogP contribution in [0.3, 0.4) is 0 Å². The summed E-state index contributed by atoms with van der Waals surface area (Å²) >= 11 is 0. The van der Waals surface area contributed by atoms with Crippen molar-refractivity contribution in [3.63, 3.8) is 0 Å². The van der Waals surface area contributed by atoms with Crippen LogP contribution in [-0.4, -0.2) is 16.1 Å². The molecule has 2 aliphatic heterocycles. The zero-order valence-corrected chi connectivity index (χ0v) is 37.5. The third-order valence-electron chi connectivity index (χ3n) is 14.0. The summed E-state index contributed by atoms with van der Waals surface area (Å²) in [5.74, 6) is 0. The van der Waals surface area contributed by atoms with Crippen LogP contribution in [0.4, 0.5) is 34.1 Å². The van der Waals surface area contributed by atoms with Gasteiger partial charge in [0.05, 0.1) is 11.4 Å². The van der Waals surface area contributed by atoms with E-state index in [9.17, 15) is 0 Å². The molecule has 0 aromatic heterocycles. The molecule has 0 aliphatic carbocycles. The lowest BCUT2D eigenvalue weighted by atomic mass is 9.90. The summed E-state index contributed by atoms with van der Waals surface area (Å²) < 4.78 is 0.